The number of carboxylic acid groups (broad SMARTS) is 1. The molecule has 1 amide bonds. The Morgan fingerprint density at radius 1 is 1.14 bits per heavy atom. The zero-order valence-electron chi connectivity index (χ0n) is 11.5. The number of carbonyl (C=O) groups excluding carboxylic acids is 1. The molecule has 0 fully saturated rings. The third-order valence-corrected chi connectivity index (χ3v) is 3.25. The summed E-state index contributed by atoms with van der Waals surface area (Å²) in [5, 5.41) is 11.5. The standard InChI is InChI=1S/C16H13N3O3/c20-15(21)7-10-1-4-12(5-2-10)19-16(22)11-3-6-13-14(8-11)18-9-17-13/h1-6,8-9H,7H2,(H,17,18)(H,19,22)(H,20,21). The summed E-state index contributed by atoms with van der Waals surface area (Å²) in [7, 11) is 0. The fraction of sp³-hybridized carbons (Fsp3) is 0.0625. The van der Waals surface area contributed by atoms with Gasteiger partial charge >= 0.3 is 5.97 Å². The minimum Gasteiger partial charge on any atom is -0.481 e. The first-order valence-electron chi connectivity index (χ1n) is 6.67. The van der Waals surface area contributed by atoms with Gasteiger partial charge in [-0.05, 0) is 35.9 Å². The molecule has 0 radical (unpaired) electrons. The Kier molecular flexibility index (Phi) is 3.57. The number of hydrogen-bond acceptors (Lipinski definition) is 3. The van der Waals surface area contributed by atoms with Gasteiger partial charge in [0.1, 0.15) is 0 Å². The van der Waals surface area contributed by atoms with Crippen molar-refractivity contribution >= 4 is 28.6 Å². The summed E-state index contributed by atoms with van der Waals surface area (Å²) in [5.41, 5.74) is 3.42. The quantitative estimate of drug-likeness (QED) is 0.689. The number of benzene rings is 2. The van der Waals surface area contributed by atoms with Crippen LogP contribution in [0, 0.1) is 0 Å². The highest BCUT2D eigenvalue weighted by Crippen LogP contribution is 2.15. The van der Waals surface area contributed by atoms with E-state index in [4.69, 9.17) is 5.11 Å². The predicted octanol–water partition coefficient (Wildman–Crippen LogP) is 2.44. The lowest BCUT2D eigenvalue weighted by Gasteiger charge is -2.06. The van der Waals surface area contributed by atoms with E-state index < -0.39 is 5.97 Å². The lowest BCUT2D eigenvalue weighted by Crippen LogP contribution is -2.11. The average molecular weight is 295 g/mol. The third kappa shape index (κ3) is 2.95. The molecule has 0 unspecified atom stereocenters. The number of nitrogens with one attached hydrogen (secondary N) is 2. The Labute approximate surface area is 125 Å². The number of fused-ring (bicyclic) bond motifs is 1. The molecule has 0 bridgehead atoms. The van der Waals surface area contributed by atoms with Crippen molar-refractivity contribution in [3.05, 3.63) is 59.9 Å². The van der Waals surface area contributed by atoms with E-state index in [1.54, 1.807) is 48.8 Å². The summed E-state index contributed by atoms with van der Waals surface area (Å²) in [6, 6.07) is 11.9. The number of carbonyl (C=O) groups is 2. The molecule has 1 aromatic heterocycles. The van der Waals surface area contributed by atoms with Crippen LogP contribution >= 0.6 is 0 Å². The SMILES string of the molecule is O=C(O)Cc1ccc(NC(=O)c2ccc3nc[nH]c3c2)cc1. The highest BCUT2D eigenvalue weighted by molar-refractivity contribution is 6.05. The summed E-state index contributed by atoms with van der Waals surface area (Å²) in [5.74, 6) is -1.12. The number of aromatic amines is 1. The van der Waals surface area contributed by atoms with Gasteiger partial charge in [-0.3, -0.25) is 9.59 Å². The van der Waals surface area contributed by atoms with E-state index in [1.165, 1.54) is 0 Å². The molecule has 0 saturated carbocycles. The Bertz CT molecular complexity index is 837. The van der Waals surface area contributed by atoms with Crippen LogP contribution in [0.4, 0.5) is 5.69 Å². The Morgan fingerprint density at radius 3 is 2.64 bits per heavy atom. The Balaban J connectivity index is 1.74. The maximum Gasteiger partial charge on any atom is 0.307 e. The summed E-state index contributed by atoms with van der Waals surface area (Å²) in [6.07, 6.45) is 1.54. The van der Waals surface area contributed by atoms with E-state index in [0.29, 0.717) is 16.8 Å². The fourth-order valence-electron chi connectivity index (χ4n) is 2.16. The van der Waals surface area contributed by atoms with Gasteiger partial charge in [0.15, 0.2) is 0 Å². The highest BCUT2D eigenvalue weighted by atomic mass is 16.4. The lowest BCUT2D eigenvalue weighted by molar-refractivity contribution is -0.136. The molecule has 0 atom stereocenters. The van der Waals surface area contributed by atoms with Crippen molar-refractivity contribution in [3.63, 3.8) is 0 Å². The summed E-state index contributed by atoms with van der Waals surface area (Å²) in [4.78, 5) is 29.9. The summed E-state index contributed by atoms with van der Waals surface area (Å²) in [6.45, 7) is 0. The van der Waals surface area contributed by atoms with Crippen molar-refractivity contribution in [2.75, 3.05) is 5.32 Å². The molecular weight excluding hydrogens is 282 g/mol. The van der Waals surface area contributed by atoms with E-state index in [9.17, 15) is 9.59 Å². The number of nitrogens with zero attached hydrogens (tertiary/aromatic N) is 1. The third-order valence-electron chi connectivity index (χ3n) is 3.25. The van der Waals surface area contributed by atoms with E-state index in [-0.39, 0.29) is 12.3 Å². The minimum atomic E-state index is -0.885. The number of aliphatic carboxylic acids is 1. The van der Waals surface area contributed by atoms with Gasteiger partial charge in [-0.1, -0.05) is 12.1 Å². The molecule has 3 aromatic rings. The maximum atomic E-state index is 12.2. The second-order valence-electron chi connectivity index (χ2n) is 4.86. The average Bonchev–Trinajstić information content (AvgIpc) is 2.96. The van der Waals surface area contributed by atoms with Crippen molar-refractivity contribution in [3.8, 4) is 0 Å². The smallest absolute Gasteiger partial charge is 0.307 e. The van der Waals surface area contributed by atoms with Gasteiger partial charge in [0.2, 0.25) is 0 Å². The molecule has 22 heavy (non-hydrogen) atoms. The molecule has 110 valence electrons. The number of hydrogen-bond donors (Lipinski definition) is 3. The second-order valence-corrected chi connectivity index (χ2v) is 4.86. The monoisotopic (exact) mass is 295 g/mol. The molecule has 6 heteroatoms. The second kappa shape index (κ2) is 5.69. The number of rotatable bonds is 4. The van der Waals surface area contributed by atoms with Gasteiger partial charge in [0.05, 0.1) is 23.8 Å². The summed E-state index contributed by atoms with van der Waals surface area (Å²) < 4.78 is 0. The zero-order valence-corrected chi connectivity index (χ0v) is 11.5. The molecular formula is C16H13N3O3. The molecule has 0 aliphatic heterocycles. The van der Waals surface area contributed by atoms with E-state index in [1.807, 2.05) is 0 Å². The molecule has 6 nitrogen and oxygen atoms in total. The van der Waals surface area contributed by atoms with Crippen LogP contribution in [0.3, 0.4) is 0 Å². The normalized spacial score (nSPS) is 10.5. The van der Waals surface area contributed by atoms with Crippen molar-refractivity contribution < 1.29 is 14.7 Å². The lowest BCUT2D eigenvalue weighted by atomic mass is 10.1. The van der Waals surface area contributed by atoms with Crippen molar-refractivity contribution in [2.45, 2.75) is 6.42 Å². The minimum absolute atomic E-state index is 0.0370. The van der Waals surface area contributed by atoms with Crippen LogP contribution in [-0.2, 0) is 11.2 Å². The van der Waals surface area contributed by atoms with Gasteiger partial charge in [-0.15, -0.1) is 0 Å². The molecule has 3 N–H and O–H groups in total. The molecule has 0 aliphatic carbocycles. The van der Waals surface area contributed by atoms with Gasteiger partial charge in [-0.2, -0.15) is 0 Å². The number of imidazole rings is 1. The van der Waals surface area contributed by atoms with Crippen LogP contribution in [0.15, 0.2) is 48.8 Å². The van der Waals surface area contributed by atoms with Crippen molar-refractivity contribution in [1.82, 2.24) is 9.97 Å². The van der Waals surface area contributed by atoms with Crippen LogP contribution in [0.25, 0.3) is 11.0 Å². The molecule has 2 aromatic carbocycles. The maximum absolute atomic E-state index is 12.2. The van der Waals surface area contributed by atoms with Crippen LogP contribution in [0.5, 0.6) is 0 Å². The number of H-pyrrole nitrogens is 1. The summed E-state index contributed by atoms with van der Waals surface area (Å²) >= 11 is 0. The van der Waals surface area contributed by atoms with Gasteiger partial charge in [0, 0.05) is 11.3 Å². The topological polar surface area (TPSA) is 95.1 Å². The van der Waals surface area contributed by atoms with Crippen LogP contribution in [0.2, 0.25) is 0 Å². The number of amides is 1. The van der Waals surface area contributed by atoms with E-state index in [2.05, 4.69) is 15.3 Å². The van der Waals surface area contributed by atoms with Gasteiger partial charge < -0.3 is 15.4 Å². The zero-order chi connectivity index (χ0) is 15.5. The number of carboxylic acids is 1. The first-order valence-corrected chi connectivity index (χ1v) is 6.67. The van der Waals surface area contributed by atoms with E-state index >= 15 is 0 Å². The molecule has 0 spiro atoms. The predicted molar refractivity (Wildman–Crippen MR) is 81.8 cm³/mol. The molecule has 3 rings (SSSR count). The van der Waals surface area contributed by atoms with Crippen molar-refractivity contribution in [2.24, 2.45) is 0 Å². The fourth-order valence-corrected chi connectivity index (χ4v) is 2.16. The molecule has 0 aliphatic rings. The number of anilines is 1. The highest BCUT2D eigenvalue weighted by Gasteiger charge is 2.08. The van der Waals surface area contributed by atoms with Crippen LogP contribution < -0.4 is 5.32 Å². The van der Waals surface area contributed by atoms with Crippen LogP contribution in [0.1, 0.15) is 15.9 Å². The Hall–Kier alpha value is -3.15. The largest absolute Gasteiger partial charge is 0.481 e. The first-order chi connectivity index (χ1) is 10.6. The van der Waals surface area contributed by atoms with Gasteiger partial charge in [-0.25, -0.2) is 4.98 Å². The van der Waals surface area contributed by atoms with Crippen LogP contribution in [-0.4, -0.2) is 27.0 Å². The number of aromatic nitrogens is 2. The molecule has 1 heterocycles. The Morgan fingerprint density at radius 2 is 1.91 bits per heavy atom. The molecule has 0 saturated heterocycles. The first kappa shape index (κ1) is 13.8. The van der Waals surface area contributed by atoms with Crippen molar-refractivity contribution in [1.29, 1.82) is 0 Å². The van der Waals surface area contributed by atoms with E-state index in [0.717, 1.165) is 11.0 Å². The van der Waals surface area contributed by atoms with Gasteiger partial charge in [0.25, 0.3) is 5.91 Å².